The summed E-state index contributed by atoms with van der Waals surface area (Å²) in [4.78, 5) is 0. The van der Waals surface area contributed by atoms with Gasteiger partial charge in [0.2, 0.25) is 6.79 Å². The number of benzene rings is 2. The van der Waals surface area contributed by atoms with Gasteiger partial charge in [-0.05, 0) is 35.4 Å². The first-order valence-corrected chi connectivity index (χ1v) is 9.45. The zero-order valence-corrected chi connectivity index (χ0v) is 14.5. The lowest BCUT2D eigenvalue weighted by molar-refractivity contribution is 0.174. The number of hydrogen-bond acceptors (Lipinski definition) is 4. The number of fused-ring (bicyclic) bond motifs is 1. The molecule has 0 N–H and O–H groups in total. The fraction of sp³-hybridized carbons (Fsp3) is 0.200. The van der Waals surface area contributed by atoms with Gasteiger partial charge in [-0.1, -0.05) is 39.7 Å². The van der Waals surface area contributed by atoms with Gasteiger partial charge in [0.1, 0.15) is 0 Å². The van der Waals surface area contributed by atoms with Gasteiger partial charge in [-0.2, -0.15) is 0 Å². The molecular formula is C15H12BrClO4S. The Morgan fingerprint density at radius 1 is 1.05 bits per heavy atom. The van der Waals surface area contributed by atoms with E-state index in [2.05, 4.69) is 15.9 Å². The van der Waals surface area contributed by atoms with Crippen molar-refractivity contribution < 1.29 is 17.9 Å². The number of hydrogen-bond donors (Lipinski definition) is 0. The molecule has 0 atom stereocenters. The van der Waals surface area contributed by atoms with E-state index in [9.17, 15) is 8.42 Å². The minimum Gasteiger partial charge on any atom is -0.454 e. The summed E-state index contributed by atoms with van der Waals surface area (Å²) < 4.78 is 36.0. The number of ether oxygens (including phenoxy) is 2. The second kappa shape index (κ2) is 6.10. The molecule has 1 aliphatic rings. The van der Waals surface area contributed by atoms with Crippen LogP contribution < -0.4 is 9.47 Å². The Bertz CT molecular complexity index is 803. The summed E-state index contributed by atoms with van der Waals surface area (Å²) in [6.45, 7) is 0.156. The largest absolute Gasteiger partial charge is 0.454 e. The highest BCUT2D eigenvalue weighted by molar-refractivity contribution is 9.10. The van der Waals surface area contributed by atoms with Crippen LogP contribution in [0.4, 0.5) is 0 Å². The van der Waals surface area contributed by atoms with E-state index in [1.165, 1.54) is 0 Å². The lowest BCUT2D eigenvalue weighted by Gasteiger charge is -2.08. The normalized spacial score (nSPS) is 13.4. The van der Waals surface area contributed by atoms with E-state index >= 15 is 0 Å². The van der Waals surface area contributed by atoms with Crippen molar-refractivity contribution >= 4 is 37.4 Å². The lowest BCUT2D eigenvalue weighted by atomic mass is 10.2. The molecule has 1 heterocycles. The summed E-state index contributed by atoms with van der Waals surface area (Å²) in [5.74, 6) is 1.07. The molecule has 2 aromatic rings. The van der Waals surface area contributed by atoms with E-state index in [4.69, 9.17) is 21.1 Å². The van der Waals surface area contributed by atoms with Crippen LogP contribution in [-0.4, -0.2) is 15.2 Å². The molecular weight excluding hydrogens is 392 g/mol. The Hall–Kier alpha value is -1.24. The molecule has 0 aromatic heterocycles. The molecule has 3 rings (SSSR count). The minimum absolute atomic E-state index is 0.0367. The third-order valence-electron chi connectivity index (χ3n) is 3.22. The van der Waals surface area contributed by atoms with Crippen LogP contribution >= 0.6 is 27.5 Å². The fourth-order valence-corrected chi connectivity index (χ4v) is 4.48. The molecule has 0 unspecified atom stereocenters. The predicted molar refractivity (Wildman–Crippen MR) is 88.0 cm³/mol. The average molecular weight is 404 g/mol. The smallest absolute Gasteiger partial charge is 0.231 e. The molecule has 2 aromatic carbocycles. The summed E-state index contributed by atoms with van der Waals surface area (Å²) in [7, 11) is -3.31. The van der Waals surface area contributed by atoms with E-state index in [0.717, 1.165) is 0 Å². The predicted octanol–water partition coefficient (Wildman–Crippen LogP) is 3.95. The molecule has 0 fully saturated rings. The molecule has 0 spiro atoms. The summed E-state index contributed by atoms with van der Waals surface area (Å²) in [5.41, 5.74) is 1.36. The summed E-state index contributed by atoms with van der Waals surface area (Å²) >= 11 is 9.19. The first-order valence-electron chi connectivity index (χ1n) is 6.46. The Labute approximate surface area is 142 Å². The van der Waals surface area contributed by atoms with Gasteiger partial charge in [0.05, 0.1) is 11.5 Å². The molecule has 7 heteroatoms. The number of rotatable bonds is 4. The minimum atomic E-state index is -3.31. The molecule has 0 saturated heterocycles. The van der Waals surface area contributed by atoms with Gasteiger partial charge >= 0.3 is 0 Å². The van der Waals surface area contributed by atoms with Crippen LogP contribution in [0.1, 0.15) is 11.1 Å². The Morgan fingerprint density at radius 2 is 1.68 bits per heavy atom. The Balaban J connectivity index is 1.81. The van der Waals surface area contributed by atoms with E-state index in [1.807, 2.05) is 0 Å². The van der Waals surface area contributed by atoms with E-state index in [-0.39, 0.29) is 18.3 Å². The van der Waals surface area contributed by atoms with Gasteiger partial charge < -0.3 is 9.47 Å². The van der Waals surface area contributed by atoms with Crippen molar-refractivity contribution in [2.24, 2.45) is 0 Å². The summed E-state index contributed by atoms with van der Waals surface area (Å²) in [6.07, 6.45) is 0. The summed E-state index contributed by atoms with van der Waals surface area (Å²) in [5, 5.41) is 0.583. The van der Waals surface area contributed by atoms with Crippen LogP contribution in [0.3, 0.4) is 0 Å². The summed E-state index contributed by atoms with van der Waals surface area (Å²) in [6, 6.07) is 10.2. The van der Waals surface area contributed by atoms with Gasteiger partial charge in [0.15, 0.2) is 21.3 Å². The van der Waals surface area contributed by atoms with Crippen LogP contribution in [0, 0.1) is 0 Å². The third-order valence-corrected chi connectivity index (χ3v) is 5.73. The highest BCUT2D eigenvalue weighted by atomic mass is 79.9. The topological polar surface area (TPSA) is 52.6 Å². The average Bonchev–Trinajstić information content (AvgIpc) is 2.88. The van der Waals surface area contributed by atoms with Crippen LogP contribution in [0.5, 0.6) is 11.5 Å². The number of halogens is 2. The maximum atomic E-state index is 12.4. The Morgan fingerprint density at radius 3 is 2.36 bits per heavy atom. The molecule has 0 radical (unpaired) electrons. The van der Waals surface area contributed by atoms with Gasteiger partial charge in [-0.15, -0.1) is 0 Å². The van der Waals surface area contributed by atoms with Crippen LogP contribution in [0.25, 0.3) is 0 Å². The standard InChI is InChI=1S/C15H12BrClO4S/c16-13-6-15-14(20-9-21-15)5-11(13)8-22(18,19)7-10-1-3-12(17)4-2-10/h1-6H,7-9H2. The van der Waals surface area contributed by atoms with Crippen LogP contribution in [-0.2, 0) is 21.3 Å². The second-order valence-electron chi connectivity index (χ2n) is 4.96. The molecule has 0 bridgehead atoms. The van der Waals surface area contributed by atoms with Crippen molar-refractivity contribution in [2.75, 3.05) is 6.79 Å². The van der Waals surface area contributed by atoms with Crippen molar-refractivity contribution in [3.05, 3.63) is 57.0 Å². The van der Waals surface area contributed by atoms with Gasteiger partial charge in [0.25, 0.3) is 0 Å². The highest BCUT2D eigenvalue weighted by Gasteiger charge is 2.20. The van der Waals surface area contributed by atoms with Gasteiger partial charge in [-0.3, -0.25) is 0 Å². The Kier molecular flexibility index (Phi) is 4.34. The van der Waals surface area contributed by atoms with E-state index in [1.54, 1.807) is 36.4 Å². The fourth-order valence-electron chi connectivity index (χ4n) is 2.19. The van der Waals surface area contributed by atoms with Crippen molar-refractivity contribution in [1.82, 2.24) is 0 Å². The van der Waals surface area contributed by atoms with Crippen molar-refractivity contribution in [2.45, 2.75) is 11.5 Å². The lowest BCUT2D eigenvalue weighted by Crippen LogP contribution is -2.08. The third kappa shape index (κ3) is 3.56. The molecule has 0 aliphatic carbocycles. The second-order valence-corrected chi connectivity index (χ2v) is 8.31. The maximum absolute atomic E-state index is 12.4. The monoisotopic (exact) mass is 402 g/mol. The zero-order valence-electron chi connectivity index (χ0n) is 11.4. The van der Waals surface area contributed by atoms with Gasteiger partial charge in [-0.25, -0.2) is 8.42 Å². The first-order chi connectivity index (χ1) is 10.4. The molecule has 1 aliphatic heterocycles. The molecule has 0 saturated carbocycles. The zero-order chi connectivity index (χ0) is 15.7. The maximum Gasteiger partial charge on any atom is 0.231 e. The van der Waals surface area contributed by atoms with Crippen molar-refractivity contribution in [3.63, 3.8) is 0 Å². The van der Waals surface area contributed by atoms with E-state index in [0.29, 0.717) is 32.1 Å². The molecule has 116 valence electrons. The molecule has 0 amide bonds. The van der Waals surface area contributed by atoms with Crippen LogP contribution in [0.15, 0.2) is 40.9 Å². The number of sulfone groups is 1. The van der Waals surface area contributed by atoms with Crippen molar-refractivity contribution in [3.8, 4) is 11.5 Å². The molecule has 4 nitrogen and oxygen atoms in total. The quantitative estimate of drug-likeness (QED) is 0.776. The first kappa shape index (κ1) is 15.6. The van der Waals surface area contributed by atoms with E-state index < -0.39 is 9.84 Å². The SMILES string of the molecule is O=S(=O)(Cc1ccc(Cl)cc1)Cc1cc2c(cc1Br)OCO2. The molecule has 22 heavy (non-hydrogen) atoms. The van der Waals surface area contributed by atoms with Crippen LogP contribution in [0.2, 0.25) is 5.02 Å². The van der Waals surface area contributed by atoms with Gasteiger partial charge in [0, 0.05) is 9.50 Å². The van der Waals surface area contributed by atoms with Crippen molar-refractivity contribution in [1.29, 1.82) is 0 Å². The highest BCUT2D eigenvalue weighted by Crippen LogP contribution is 2.37.